The van der Waals surface area contributed by atoms with Crippen molar-refractivity contribution in [1.29, 1.82) is 0 Å². The lowest BCUT2D eigenvalue weighted by molar-refractivity contribution is 0.152. The predicted molar refractivity (Wildman–Crippen MR) is 86.9 cm³/mol. The molecule has 1 aromatic carbocycles. The van der Waals surface area contributed by atoms with Crippen molar-refractivity contribution >= 4 is 47.6 Å². The number of anilines is 1. The number of nitrogens with one attached hydrogen (secondary N) is 1. The predicted octanol–water partition coefficient (Wildman–Crippen LogP) is 2.48. The topological polar surface area (TPSA) is 92.4 Å². The molecule has 0 aromatic heterocycles. The van der Waals surface area contributed by atoms with E-state index in [-0.39, 0.29) is 17.1 Å². The molecular formula is C12H18Br2N2O3S. The first-order chi connectivity index (χ1) is 9.13. The van der Waals surface area contributed by atoms with E-state index in [1.165, 1.54) is 6.07 Å². The number of sulfonamides is 1. The fourth-order valence-corrected chi connectivity index (χ4v) is 4.91. The Balaban J connectivity index is 2.90. The Labute approximate surface area is 136 Å². The number of aliphatic hydroxyl groups is 1. The molecule has 1 atom stereocenters. The third kappa shape index (κ3) is 5.00. The zero-order chi connectivity index (χ0) is 15.5. The van der Waals surface area contributed by atoms with Gasteiger partial charge >= 0.3 is 0 Å². The number of benzene rings is 1. The lowest BCUT2D eigenvalue weighted by Crippen LogP contribution is -2.33. The van der Waals surface area contributed by atoms with Gasteiger partial charge in [-0.25, -0.2) is 13.1 Å². The maximum atomic E-state index is 12.2. The first-order valence-electron chi connectivity index (χ1n) is 6.05. The molecule has 0 aliphatic rings. The summed E-state index contributed by atoms with van der Waals surface area (Å²) in [6.07, 6.45) is -0.195. The van der Waals surface area contributed by atoms with Crippen molar-refractivity contribution in [1.82, 2.24) is 4.72 Å². The molecule has 0 radical (unpaired) electrons. The van der Waals surface area contributed by atoms with E-state index >= 15 is 0 Å². The third-order valence-corrected chi connectivity index (χ3v) is 5.44. The summed E-state index contributed by atoms with van der Waals surface area (Å²) in [7, 11) is -3.77. The summed E-state index contributed by atoms with van der Waals surface area (Å²) in [5.74, 6) is 0.291. The van der Waals surface area contributed by atoms with Crippen LogP contribution in [0.15, 0.2) is 26.0 Å². The summed E-state index contributed by atoms with van der Waals surface area (Å²) in [5.41, 5.74) is 5.89. The van der Waals surface area contributed by atoms with Gasteiger partial charge in [-0.3, -0.25) is 0 Å². The van der Waals surface area contributed by atoms with Gasteiger partial charge in [0.05, 0.1) is 11.8 Å². The van der Waals surface area contributed by atoms with Gasteiger partial charge < -0.3 is 10.8 Å². The Morgan fingerprint density at radius 1 is 1.35 bits per heavy atom. The molecule has 0 fully saturated rings. The zero-order valence-electron chi connectivity index (χ0n) is 11.2. The molecule has 1 rings (SSSR count). The van der Waals surface area contributed by atoms with Crippen LogP contribution in [0.2, 0.25) is 0 Å². The van der Waals surface area contributed by atoms with Crippen LogP contribution in [0.1, 0.15) is 20.3 Å². The highest BCUT2D eigenvalue weighted by Gasteiger charge is 2.22. The first-order valence-corrected chi connectivity index (χ1v) is 9.12. The summed E-state index contributed by atoms with van der Waals surface area (Å²) in [6.45, 7) is 3.88. The lowest BCUT2D eigenvalue weighted by Gasteiger charge is -2.15. The van der Waals surface area contributed by atoms with Crippen molar-refractivity contribution < 1.29 is 13.5 Å². The van der Waals surface area contributed by atoms with E-state index in [4.69, 9.17) is 5.73 Å². The fraction of sp³-hybridized carbons (Fsp3) is 0.500. The van der Waals surface area contributed by atoms with Crippen LogP contribution in [-0.4, -0.2) is 26.2 Å². The Hall–Kier alpha value is -0.150. The van der Waals surface area contributed by atoms with Gasteiger partial charge in [0.25, 0.3) is 0 Å². The molecule has 0 aliphatic carbocycles. The number of hydrogen-bond acceptors (Lipinski definition) is 4. The summed E-state index contributed by atoms with van der Waals surface area (Å²) in [4.78, 5) is -0.0163. The number of halogens is 2. The van der Waals surface area contributed by atoms with Crippen LogP contribution in [0.4, 0.5) is 5.69 Å². The molecule has 1 aromatic rings. The molecule has 0 bridgehead atoms. The number of aliphatic hydroxyl groups excluding tert-OH is 1. The molecule has 0 amide bonds. The van der Waals surface area contributed by atoms with E-state index in [1.54, 1.807) is 6.07 Å². The summed E-state index contributed by atoms with van der Waals surface area (Å²) >= 11 is 6.43. The number of nitrogens with two attached hydrogens (primary N) is 1. The fourth-order valence-electron chi connectivity index (χ4n) is 1.77. The van der Waals surface area contributed by atoms with Crippen LogP contribution in [0, 0.1) is 5.92 Å². The van der Waals surface area contributed by atoms with Gasteiger partial charge in [0.2, 0.25) is 10.0 Å². The minimum absolute atomic E-state index is 0.0163. The van der Waals surface area contributed by atoms with Gasteiger partial charge in [-0.15, -0.1) is 0 Å². The zero-order valence-corrected chi connectivity index (χ0v) is 15.2. The quantitative estimate of drug-likeness (QED) is 0.605. The molecule has 114 valence electrons. The largest absolute Gasteiger partial charge is 0.398 e. The second kappa shape index (κ2) is 7.22. The van der Waals surface area contributed by atoms with E-state index in [9.17, 15) is 13.5 Å². The van der Waals surface area contributed by atoms with Crippen molar-refractivity contribution in [2.24, 2.45) is 5.92 Å². The van der Waals surface area contributed by atoms with Crippen LogP contribution in [0.25, 0.3) is 0 Å². The maximum Gasteiger partial charge on any atom is 0.243 e. The van der Waals surface area contributed by atoms with E-state index in [0.29, 0.717) is 21.3 Å². The average molecular weight is 430 g/mol. The third-order valence-electron chi connectivity index (χ3n) is 2.56. The minimum atomic E-state index is -3.77. The highest BCUT2D eigenvalue weighted by molar-refractivity contribution is 9.11. The molecule has 0 spiro atoms. The molecule has 5 nitrogen and oxygen atoms in total. The molecule has 1 unspecified atom stereocenters. The van der Waals surface area contributed by atoms with E-state index < -0.39 is 16.1 Å². The van der Waals surface area contributed by atoms with Gasteiger partial charge in [0.1, 0.15) is 4.90 Å². The molecule has 0 aliphatic heterocycles. The Morgan fingerprint density at radius 2 is 1.95 bits per heavy atom. The van der Waals surface area contributed by atoms with E-state index in [1.807, 2.05) is 13.8 Å². The Morgan fingerprint density at radius 3 is 2.45 bits per heavy atom. The standard InChI is InChI=1S/C12H18Br2N2O3S/c1-7(2)3-9(17)6-16-20(18,19)12-10(14)4-8(13)5-11(12)15/h4-5,7,9,16-17H,3,6,15H2,1-2H3. The normalized spacial score (nSPS) is 13.7. The van der Waals surface area contributed by atoms with Crippen LogP contribution in [-0.2, 0) is 10.0 Å². The molecule has 20 heavy (non-hydrogen) atoms. The molecule has 0 heterocycles. The van der Waals surface area contributed by atoms with Crippen LogP contribution >= 0.6 is 31.9 Å². The van der Waals surface area contributed by atoms with Crippen LogP contribution in [0.5, 0.6) is 0 Å². The van der Waals surface area contributed by atoms with Gasteiger partial charge in [0.15, 0.2) is 0 Å². The molecular weight excluding hydrogens is 412 g/mol. The SMILES string of the molecule is CC(C)CC(O)CNS(=O)(=O)c1c(N)cc(Br)cc1Br. The second-order valence-corrected chi connectivity index (χ2v) is 8.42. The van der Waals surface area contributed by atoms with Crippen molar-refractivity contribution in [3.8, 4) is 0 Å². The lowest BCUT2D eigenvalue weighted by atomic mass is 10.1. The minimum Gasteiger partial charge on any atom is -0.398 e. The van der Waals surface area contributed by atoms with Crippen LogP contribution < -0.4 is 10.5 Å². The monoisotopic (exact) mass is 428 g/mol. The van der Waals surface area contributed by atoms with Gasteiger partial charge in [-0.05, 0) is 40.4 Å². The highest BCUT2D eigenvalue weighted by atomic mass is 79.9. The second-order valence-electron chi connectivity index (χ2n) is 4.94. The smallest absolute Gasteiger partial charge is 0.243 e. The van der Waals surface area contributed by atoms with Crippen molar-refractivity contribution in [3.63, 3.8) is 0 Å². The number of rotatable bonds is 6. The summed E-state index contributed by atoms with van der Waals surface area (Å²) in [5, 5.41) is 9.74. The Bertz CT molecular complexity index is 553. The number of hydrogen-bond donors (Lipinski definition) is 3. The van der Waals surface area contributed by atoms with Gasteiger partial charge in [0, 0.05) is 15.5 Å². The Kier molecular flexibility index (Phi) is 6.46. The van der Waals surface area contributed by atoms with Gasteiger partial charge in [-0.1, -0.05) is 29.8 Å². The highest BCUT2D eigenvalue weighted by Crippen LogP contribution is 2.31. The summed E-state index contributed by atoms with van der Waals surface area (Å²) < 4.78 is 27.9. The van der Waals surface area contributed by atoms with Gasteiger partial charge in [-0.2, -0.15) is 0 Å². The van der Waals surface area contributed by atoms with E-state index in [0.717, 1.165) is 0 Å². The molecule has 4 N–H and O–H groups in total. The van der Waals surface area contributed by atoms with Crippen LogP contribution in [0.3, 0.4) is 0 Å². The molecule has 0 saturated heterocycles. The maximum absolute atomic E-state index is 12.2. The van der Waals surface area contributed by atoms with Crippen molar-refractivity contribution in [2.45, 2.75) is 31.3 Å². The van der Waals surface area contributed by atoms with Crippen molar-refractivity contribution in [2.75, 3.05) is 12.3 Å². The summed E-state index contributed by atoms with van der Waals surface area (Å²) in [6, 6.07) is 3.12. The van der Waals surface area contributed by atoms with E-state index in [2.05, 4.69) is 36.6 Å². The molecule has 8 heteroatoms. The average Bonchev–Trinajstić information content (AvgIpc) is 2.23. The first kappa shape index (κ1) is 17.9. The molecule has 0 saturated carbocycles. The number of nitrogen functional groups attached to an aromatic ring is 1. The van der Waals surface area contributed by atoms with Crippen molar-refractivity contribution in [3.05, 3.63) is 21.1 Å².